The lowest BCUT2D eigenvalue weighted by molar-refractivity contribution is -0.123. The minimum atomic E-state index is -3.10. The third kappa shape index (κ3) is 1.97. The standard InChI is InChI=1S/C6H10ClNO3S/c1-12(10,11)8-3-5(4-8)6(9)2-7/h5H,2-4H2,1H3. The largest absolute Gasteiger partial charge is 0.298 e. The van der Waals surface area contributed by atoms with Crippen LogP contribution < -0.4 is 0 Å². The minimum Gasteiger partial charge on any atom is -0.298 e. The number of rotatable bonds is 3. The Bertz CT molecular complexity index is 281. The van der Waals surface area contributed by atoms with E-state index in [1.54, 1.807) is 0 Å². The Hall–Kier alpha value is -0.130. The molecule has 0 bridgehead atoms. The molecule has 0 aliphatic carbocycles. The Balaban J connectivity index is 2.44. The number of alkyl halides is 1. The van der Waals surface area contributed by atoms with E-state index in [9.17, 15) is 13.2 Å². The first kappa shape index (κ1) is 9.95. The number of hydrogen-bond donors (Lipinski definition) is 0. The summed E-state index contributed by atoms with van der Waals surface area (Å²) in [4.78, 5) is 10.9. The summed E-state index contributed by atoms with van der Waals surface area (Å²) in [6, 6.07) is 0. The zero-order valence-corrected chi connectivity index (χ0v) is 8.23. The van der Waals surface area contributed by atoms with Gasteiger partial charge in [-0.25, -0.2) is 12.7 Å². The second kappa shape index (κ2) is 3.32. The van der Waals surface area contributed by atoms with Crippen LogP contribution in [0.2, 0.25) is 0 Å². The lowest BCUT2D eigenvalue weighted by Gasteiger charge is -2.35. The van der Waals surface area contributed by atoms with Crippen LogP contribution in [0.3, 0.4) is 0 Å². The van der Waals surface area contributed by atoms with Gasteiger partial charge in [0.25, 0.3) is 0 Å². The fourth-order valence-electron chi connectivity index (χ4n) is 1.02. The molecule has 0 aromatic rings. The maximum atomic E-state index is 10.9. The summed E-state index contributed by atoms with van der Waals surface area (Å²) in [6.45, 7) is 0.592. The lowest BCUT2D eigenvalue weighted by atomic mass is 9.99. The van der Waals surface area contributed by atoms with Gasteiger partial charge in [0, 0.05) is 19.0 Å². The monoisotopic (exact) mass is 211 g/mol. The van der Waals surface area contributed by atoms with Crippen LogP contribution in [0, 0.1) is 5.92 Å². The molecule has 0 aromatic carbocycles. The molecule has 1 rings (SSSR count). The normalized spacial score (nSPS) is 20.5. The SMILES string of the molecule is CS(=O)(=O)N1CC(C(=O)CCl)C1. The van der Waals surface area contributed by atoms with Crippen LogP contribution in [-0.2, 0) is 14.8 Å². The van der Waals surface area contributed by atoms with E-state index in [2.05, 4.69) is 0 Å². The number of hydrogen-bond acceptors (Lipinski definition) is 3. The van der Waals surface area contributed by atoms with Crippen molar-refractivity contribution in [3.8, 4) is 0 Å². The molecular weight excluding hydrogens is 202 g/mol. The van der Waals surface area contributed by atoms with Crippen molar-refractivity contribution in [3.05, 3.63) is 0 Å². The predicted octanol–water partition coefficient (Wildman–Crippen LogP) is -0.314. The number of carbonyl (C=O) groups is 1. The molecule has 1 aliphatic rings. The molecule has 6 heteroatoms. The summed E-state index contributed by atoms with van der Waals surface area (Å²) in [5, 5.41) is 0. The van der Waals surface area contributed by atoms with Gasteiger partial charge in [-0.2, -0.15) is 0 Å². The van der Waals surface area contributed by atoms with Gasteiger partial charge >= 0.3 is 0 Å². The molecule has 0 unspecified atom stereocenters. The molecule has 0 spiro atoms. The van der Waals surface area contributed by atoms with Gasteiger partial charge in [-0.15, -0.1) is 11.6 Å². The van der Waals surface area contributed by atoms with Gasteiger partial charge in [-0.1, -0.05) is 0 Å². The van der Waals surface area contributed by atoms with Crippen LogP contribution in [-0.4, -0.2) is 43.7 Å². The fraction of sp³-hybridized carbons (Fsp3) is 0.833. The van der Waals surface area contributed by atoms with E-state index >= 15 is 0 Å². The molecule has 4 nitrogen and oxygen atoms in total. The Labute approximate surface area is 76.5 Å². The van der Waals surface area contributed by atoms with E-state index in [4.69, 9.17) is 11.6 Å². The molecule has 1 aliphatic heterocycles. The van der Waals surface area contributed by atoms with Gasteiger partial charge in [0.05, 0.1) is 12.1 Å². The van der Waals surface area contributed by atoms with Crippen LogP contribution in [0.4, 0.5) is 0 Å². The van der Waals surface area contributed by atoms with Crippen molar-refractivity contribution in [2.24, 2.45) is 5.92 Å². The quantitative estimate of drug-likeness (QED) is 0.602. The smallest absolute Gasteiger partial charge is 0.211 e. The average molecular weight is 212 g/mol. The molecule has 12 heavy (non-hydrogen) atoms. The first-order valence-corrected chi connectivity index (χ1v) is 5.87. The maximum absolute atomic E-state index is 10.9. The second-order valence-corrected chi connectivity index (χ2v) is 5.13. The molecule has 0 atom stereocenters. The summed E-state index contributed by atoms with van der Waals surface area (Å²) in [5.41, 5.74) is 0. The van der Waals surface area contributed by atoms with Gasteiger partial charge < -0.3 is 0 Å². The second-order valence-electron chi connectivity index (χ2n) is 2.88. The Kier molecular flexibility index (Phi) is 2.75. The molecule has 0 amide bonds. The average Bonchev–Trinajstić information content (AvgIpc) is 1.80. The fourth-order valence-corrected chi connectivity index (χ4v) is 2.14. The number of halogens is 1. The number of ketones is 1. The molecule has 1 heterocycles. The topological polar surface area (TPSA) is 54.5 Å². The molecule has 70 valence electrons. The number of nitrogens with zero attached hydrogens (tertiary/aromatic N) is 1. The molecule has 0 radical (unpaired) electrons. The zero-order chi connectivity index (χ0) is 9.35. The van der Waals surface area contributed by atoms with Crippen molar-refractivity contribution in [2.75, 3.05) is 25.2 Å². The van der Waals surface area contributed by atoms with Crippen LogP contribution in [0.25, 0.3) is 0 Å². The van der Waals surface area contributed by atoms with Gasteiger partial charge in [-0.05, 0) is 0 Å². The van der Waals surface area contributed by atoms with Crippen LogP contribution in [0.1, 0.15) is 0 Å². The van der Waals surface area contributed by atoms with E-state index in [1.807, 2.05) is 0 Å². The first-order chi connectivity index (χ1) is 5.45. The zero-order valence-electron chi connectivity index (χ0n) is 6.66. The lowest BCUT2D eigenvalue weighted by Crippen LogP contribution is -2.52. The number of sulfonamides is 1. The van der Waals surface area contributed by atoms with Crippen molar-refractivity contribution in [2.45, 2.75) is 0 Å². The van der Waals surface area contributed by atoms with Crippen molar-refractivity contribution in [1.82, 2.24) is 4.31 Å². The Morgan fingerprint density at radius 2 is 2.08 bits per heavy atom. The summed E-state index contributed by atoms with van der Waals surface area (Å²) in [5.74, 6) is -0.281. The molecule has 0 aromatic heterocycles. The highest BCUT2D eigenvalue weighted by molar-refractivity contribution is 7.88. The first-order valence-electron chi connectivity index (χ1n) is 3.49. The van der Waals surface area contributed by atoms with E-state index < -0.39 is 10.0 Å². The number of carbonyl (C=O) groups excluding carboxylic acids is 1. The Morgan fingerprint density at radius 3 is 2.42 bits per heavy atom. The minimum absolute atomic E-state index is 0.0255. The number of Topliss-reactive ketones (excluding diaryl/α,β-unsaturated/α-hetero) is 1. The molecule has 0 saturated carbocycles. The Morgan fingerprint density at radius 1 is 1.58 bits per heavy atom. The van der Waals surface area contributed by atoms with E-state index in [0.29, 0.717) is 13.1 Å². The van der Waals surface area contributed by atoms with Crippen molar-refractivity contribution in [3.63, 3.8) is 0 Å². The van der Waals surface area contributed by atoms with Crippen LogP contribution in [0.5, 0.6) is 0 Å². The molecule has 1 fully saturated rings. The summed E-state index contributed by atoms with van der Waals surface area (Å²) < 4.78 is 23.0. The van der Waals surface area contributed by atoms with E-state index in [0.717, 1.165) is 6.26 Å². The van der Waals surface area contributed by atoms with Crippen molar-refractivity contribution in [1.29, 1.82) is 0 Å². The van der Waals surface area contributed by atoms with Gasteiger partial charge in [-0.3, -0.25) is 4.79 Å². The molecule has 1 saturated heterocycles. The summed E-state index contributed by atoms with van der Waals surface area (Å²) in [6.07, 6.45) is 1.13. The third-order valence-electron chi connectivity index (χ3n) is 1.90. The van der Waals surface area contributed by atoms with E-state index in [1.165, 1.54) is 4.31 Å². The summed E-state index contributed by atoms with van der Waals surface area (Å²) in [7, 11) is -3.10. The maximum Gasteiger partial charge on any atom is 0.211 e. The van der Waals surface area contributed by atoms with Gasteiger partial charge in [0.15, 0.2) is 5.78 Å². The molecule has 0 N–H and O–H groups in total. The van der Waals surface area contributed by atoms with Gasteiger partial charge in [0.1, 0.15) is 0 Å². The summed E-state index contributed by atoms with van der Waals surface area (Å²) >= 11 is 5.30. The molecular formula is C6H10ClNO3S. The highest BCUT2D eigenvalue weighted by Gasteiger charge is 2.36. The van der Waals surface area contributed by atoms with Gasteiger partial charge in [0.2, 0.25) is 10.0 Å². The van der Waals surface area contributed by atoms with E-state index in [-0.39, 0.29) is 17.6 Å². The highest BCUT2D eigenvalue weighted by atomic mass is 35.5. The highest BCUT2D eigenvalue weighted by Crippen LogP contribution is 2.19. The van der Waals surface area contributed by atoms with Crippen molar-refractivity contribution >= 4 is 27.4 Å². The third-order valence-corrected chi connectivity index (χ3v) is 3.40. The van der Waals surface area contributed by atoms with Crippen LogP contribution in [0.15, 0.2) is 0 Å². The van der Waals surface area contributed by atoms with Crippen LogP contribution >= 0.6 is 11.6 Å². The van der Waals surface area contributed by atoms with Crippen molar-refractivity contribution < 1.29 is 13.2 Å². The predicted molar refractivity (Wildman–Crippen MR) is 45.6 cm³/mol.